The zero-order valence-corrected chi connectivity index (χ0v) is 33.1. The van der Waals surface area contributed by atoms with Crippen molar-refractivity contribution in [3.8, 4) is 0 Å². The van der Waals surface area contributed by atoms with Crippen LogP contribution in [0.4, 0.5) is 4.79 Å². The molecule has 0 heterocycles. The van der Waals surface area contributed by atoms with Gasteiger partial charge < -0.3 is 36.1 Å². The zero-order chi connectivity index (χ0) is 38.5. The summed E-state index contributed by atoms with van der Waals surface area (Å²) < 4.78 is 5.18. The molecule has 296 valence electrons. The fraction of sp³-hybridized carbons (Fsp3) is 0.846. The molecule has 0 aromatic heterocycles. The van der Waals surface area contributed by atoms with E-state index in [1.54, 1.807) is 20.8 Å². The SMILES string of the molecule is CCCCCCCCCCCCCCCC(=O)N[C@@H](CCCC)C(=O)N[C@@H](C)C(=O)N[C@@H](C)C(=O)N[C@H](C=O)CCCCNC(=O)OC(C)(C)C. The Hall–Kier alpha value is -3.18. The molecule has 0 aliphatic rings. The summed E-state index contributed by atoms with van der Waals surface area (Å²) in [5.74, 6) is -1.70. The van der Waals surface area contributed by atoms with Gasteiger partial charge in [-0.3, -0.25) is 19.2 Å². The molecule has 0 aromatic rings. The van der Waals surface area contributed by atoms with Crippen LogP contribution in [0.15, 0.2) is 0 Å². The number of carbonyl (C=O) groups is 6. The Bertz CT molecular complexity index is 1000. The van der Waals surface area contributed by atoms with Crippen LogP contribution in [0.3, 0.4) is 0 Å². The highest BCUT2D eigenvalue weighted by atomic mass is 16.6. The van der Waals surface area contributed by atoms with Gasteiger partial charge in [-0.2, -0.15) is 0 Å². The molecule has 0 rings (SSSR count). The highest BCUT2D eigenvalue weighted by Gasteiger charge is 2.26. The van der Waals surface area contributed by atoms with Crippen LogP contribution in [-0.2, 0) is 28.7 Å². The molecule has 0 aliphatic heterocycles. The number of unbranched alkanes of at least 4 members (excludes halogenated alkanes) is 14. The maximum Gasteiger partial charge on any atom is 0.407 e. The molecule has 12 nitrogen and oxygen atoms in total. The van der Waals surface area contributed by atoms with Crippen molar-refractivity contribution in [2.75, 3.05) is 6.54 Å². The lowest BCUT2D eigenvalue weighted by atomic mass is 10.0. The number of hydrogen-bond donors (Lipinski definition) is 5. The van der Waals surface area contributed by atoms with E-state index in [2.05, 4.69) is 33.5 Å². The molecular formula is C39H73N5O7. The molecule has 0 spiro atoms. The van der Waals surface area contributed by atoms with E-state index in [4.69, 9.17) is 4.74 Å². The molecule has 0 fully saturated rings. The summed E-state index contributed by atoms with van der Waals surface area (Å²) in [6.45, 7) is 13.0. The number of ether oxygens (including phenoxy) is 1. The largest absolute Gasteiger partial charge is 0.444 e. The van der Waals surface area contributed by atoms with Crippen LogP contribution in [0.1, 0.15) is 177 Å². The van der Waals surface area contributed by atoms with Crippen LogP contribution in [0.5, 0.6) is 0 Å². The molecule has 0 unspecified atom stereocenters. The quantitative estimate of drug-likeness (QED) is 0.0414. The minimum absolute atomic E-state index is 0.166. The molecule has 0 saturated carbocycles. The third kappa shape index (κ3) is 27.2. The Labute approximate surface area is 308 Å². The van der Waals surface area contributed by atoms with E-state index in [0.29, 0.717) is 44.9 Å². The van der Waals surface area contributed by atoms with Gasteiger partial charge in [-0.1, -0.05) is 104 Å². The smallest absolute Gasteiger partial charge is 0.407 e. The van der Waals surface area contributed by atoms with E-state index in [1.165, 1.54) is 78.1 Å². The summed E-state index contributed by atoms with van der Waals surface area (Å²) in [7, 11) is 0. The normalized spacial score (nSPS) is 13.6. The van der Waals surface area contributed by atoms with Gasteiger partial charge in [0, 0.05) is 13.0 Å². The lowest BCUT2D eigenvalue weighted by Crippen LogP contribution is -2.55. The lowest BCUT2D eigenvalue weighted by molar-refractivity contribution is -0.133. The van der Waals surface area contributed by atoms with E-state index < -0.39 is 53.6 Å². The van der Waals surface area contributed by atoms with Crippen molar-refractivity contribution in [2.24, 2.45) is 0 Å². The van der Waals surface area contributed by atoms with Crippen LogP contribution in [0.25, 0.3) is 0 Å². The molecular weight excluding hydrogens is 650 g/mol. The molecule has 0 aliphatic carbocycles. The second kappa shape index (κ2) is 29.4. The first kappa shape index (κ1) is 47.8. The van der Waals surface area contributed by atoms with Crippen LogP contribution in [-0.4, -0.2) is 72.3 Å². The Morgan fingerprint density at radius 2 is 1.08 bits per heavy atom. The molecule has 4 atom stereocenters. The van der Waals surface area contributed by atoms with Gasteiger partial charge in [-0.05, 0) is 66.7 Å². The second-order valence-electron chi connectivity index (χ2n) is 14.9. The first-order valence-corrected chi connectivity index (χ1v) is 19.9. The van der Waals surface area contributed by atoms with Crippen molar-refractivity contribution in [3.63, 3.8) is 0 Å². The summed E-state index contributed by atoms with van der Waals surface area (Å²) in [6, 6.07) is -3.40. The highest BCUT2D eigenvalue weighted by Crippen LogP contribution is 2.13. The zero-order valence-electron chi connectivity index (χ0n) is 33.1. The van der Waals surface area contributed by atoms with Crippen molar-refractivity contribution >= 4 is 36.0 Å². The number of carbonyl (C=O) groups excluding carboxylic acids is 6. The minimum Gasteiger partial charge on any atom is -0.444 e. The molecule has 51 heavy (non-hydrogen) atoms. The Morgan fingerprint density at radius 3 is 1.59 bits per heavy atom. The van der Waals surface area contributed by atoms with E-state index in [-0.39, 0.29) is 5.91 Å². The standard InChI is InChI=1S/C39H73N5O7/c1-8-10-12-13-14-15-16-17-18-19-20-21-22-27-34(46)44-33(26-11-9-2)37(49)42-30(3)35(47)41-31(4)36(48)43-32(29-45)25-23-24-28-40-38(50)51-39(5,6)7/h29-33H,8-28H2,1-7H3,(H,40,50)(H,41,47)(H,42,49)(H,43,48)(H,44,46)/t30-,31-,32-,33-/m0/s1. The number of amides is 5. The van der Waals surface area contributed by atoms with E-state index in [9.17, 15) is 28.8 Å². The van der Waals surface area contributed by atoms with Crippen LogP contribution < -0.4 is 26.6 Å². The first-order valence-electron chi connectivity index (χ1n) is 19.9. The summed E-state index contributed by atoms with van der Waals surface area (Å²) in [5, 5.41) is 13.4. The van der Waals surface area contributed by atoms with E-state index >= 15 is 0 Å². The topological polar surface area (TPSA) is 172 Å². The summed E-state index contributed by atoms with van der Waals surface area (Å²) in [6.07, 6.45) is 20.0. The third-order valence-electron chi connectivity index (χ3n) is 8.61. The Balaban J connectivity index is 4.49. The fourth-order valence-electron chi connectivity index (χ4n) is 5.51. The van der Waals surface area contributed by atoms with Crippen molar-refractivity contribution in [3.05, 3.63) is 0 Å². The molecule has 5 N–H and O–H groups in total. The average Bonchev–Trinajstić information content (AvgIpc) is 3.06. The van der Waals surface area contributed by atoms with Crippen LogP contribution in [0, 0.1) is 0 Å². The number of aldehydes is 1. The van der Waals surface area contributed by atoms with Gasteiger partial charge in [0.15, 0.2) is 0 Å². The molecule has 0 radical (unpaired) electrons. The molecule has 0 bridgehead atoms. The number of alkyl carbamates (subject to hydrolysis) is 1. The van der Waals surface area contributed by atoms with Gasteiger partial charge in [0.25, 0.3) is 0 Å². The predicted molar refractivity (Wildman–Crippen MR) is 203 cm³/mol. The van der Waals surface area contributed by atoms with Crippen LogP contribution >= 0.6 is 0 Å². The van der Waals surface area contributed by atoms with Gasteiger partial charge in [-0.25, -0.2) is 4.79 Å². The maximum atomic E-state index is 13.1. The lowest BCUT2D eigenvalue weighted by Gasteiger charge is -2.23. The highest BCUT2D eigenvalue weighted by molar-refractivity contribution is 5.94. The summed E-state index contributed by atoms with van der Waals surface area (Å²) in [5.41, 5.74) is -0.591. The molecule has 0 aromatic carbocycles. The minimum atomic E-state index is -0.955. The Kier molecular flexibility index (Phi) is 27.6. The van der Waals surface area contributed by atoms with Gasteiger partial charge in [0.2, 0.25) is 23.6 Å². The maximum absolute atomic E-state index is 13.1. The van der Waals surface area contributed by atoms with Crippen molar-refractivity contribution in [2.45, 2.75) is 207 Å². The number of hydrogen-bond acceptors (Lipinski definition) is 7. The first-order chi connectivity index (χ1) is 24.2. The van der Waals surface area contributed by atoms with Gasteiger partial charge in [0.05, 0.1) is 6.04 Å². The van der Waals surface area contributed by atoms with Gasteiger partial charge in [0.1, 0.15) is 30.0 Å². The van der Waals surface area contributed by atoms with E-state index in [1.807, 2.05) is 6.92 Å². The average molecular weight is 724 g/mol. The molecule has 5 amide bonds. The van der Waals surface area contributed by atoms with Crippen molar-refractivity contribution in [1.82, 2.24) is 26.6 Å². The van der Waals surface area contributed by atoms with Crippen LogP contribution in [0.2, 0.25) is 0 Å². The van der Waals surface area contributed by atoms with Crippen molar-refractivity contribution < 1.29 is 33.5 Å². The second-order valence-corrected chi connectivity index (χ2v) is 14.9. The van der Waals surface area contributed by atoms with Gasteiger partial charge in [-0.15, -0.1) is 0 Å². The summed E-state index contributed by atoms with van der Waals surface area (Å²) >= 11 is 0. The Morgan fingerprint density at radius 1 is 0.588 bits per heavy atom. The number of rotatable bonds is 30. The summed E-state index contributed by atoms with van der Waals surface area (Å²) in [4.78, 5) is 74.6. The monoisotopic (exact) mass is 724 g/mol. The predicted octanol–water partition coefficient (Wildman–Crippen LogP) is 6.53. The molecule has 0 saturated heterocycles. The van der Waals surface area contributed by atoms with Gasteiger partial charge >= 0.3 is 6.09 Å². The third-order valence-corrected chi connectivity index (χ3v) is 8.61. The van der Waals surface area contributed by atoms with Crippen molar-refractivity contribution in [1.29, 1.82) is 0 Å². The van der Waals surface area contributed by atoms with E-state index in [0.717, 1.165) is 32.1 Å². The number of nitrogens with one attached hydrogen (secondary N) is 5. The molecule has 12 heteroatoms. The fourth-order valence-corrected chi connectivity index (χ4v) is 5.51.